The molecule has 2 heteroatoms. The summed E-state index contributed by atoms with van der Waals surface area (Å²) in [5, 5.41) is 0. The molecule has 0 amide bonds. The van der Waals surface area contributed by atoms with Crippen LogP contribution in [0.4, 0.5) is 0 Å². The Morgan fingerprint density at radius 3 is 1.87 bits per heavy atom. The summed E-state index contributed by atoms with van der Waals surface area (Å²) in [6, 6.07) is 4.33. The van der Waals surface area contributed by atoms with Crippen molar-refractivity contribution >= 4 is 0 Å². The van der Waals surface area contributed by atoms with Gasteiger partial charge in [0, 0.05) is 0 Å². The molecule has 0 radical (unpaired) electrons. The second-order valence-corrected chi connectivity index (χ2v) is 4.84. The van der Waals surface area contributed by atoms with E-state index in [2.05, 4.69) is 26.0 Å². The molecular weight excluding hydrogens is 188 g/mol. The van der Waals surface area contributed by atoms with Crippen LogP contribution in [-0.2, 0) is 12.8 Å². The SMILES string of the molecule is CC1Cc2cc3c(cc2CC1C)OCO3. The Morgan fingerprint density at radius 1 is 0.933 bits per heavy atom. The molecule has 2 atom stereocenters. The zero-order valence-corrected chi connectivity index (χ0v) is 9.25. The first-order valence-corrected chi connectivity index (χ1v) is 5.65. The van der Waals surface area contributed by atoms with E-state index >= 15 is 0 Å². The van der Waals surface area contributed by atoms with E-state index in [0.717, 1.165) is 23.3 Å². The Hall–Kier alpha value is -1.18. The highest BCUT2D eigenvalue weighted by atomic mass is 16.7. The Kier molecular flexibility index (Phi) is 1.91. The predicted octanol–water partition coefficient (Wildman–Crippen LogP) is 2.79. The average Bonchev–Trinajstić information content (AvgIpc) is 2.63. The van der Waals surface area contributed by atoms with Gasteiger partial charge in [-0.05, 0) is 47.9 Å². The van der Waals surface area contributed by atoms with Crippen molar-refractivity contribution in [2.75, 3.05) is 6.79 Å². The summed E-state index contributed by atoms with van der Waals surface area (Å²) in [5.41, 5.74) is 2.90. The molecule has 0 spiro atoms. The molecule has 0 saturated heterocycles. The van der Waals surface area contributed by atoms with Crippen molar-refractivity contribution < 1.29 is 9.47 Å². The maximum atomic E-state index is 5.40. The summed E-state index contributed by atoms with van der Waals surface area (Å²) in [4.78, 5) is 0. The Balaban J connectivity index is 2.04. The van der Waals surface area contributed by atoms with Crippen molar-refractivity contribution in [1.29, 1.82) is 0 Å². The van der Waals surface area contributed by atoms with Crippen LogP contribution in [0.25, 0.3) is 0 Å². The first kappa shape index (κ1) is 9.08. The molecule has 1 heterocycles. The van der Waals surface area contributed by atoms with Gasteiger partial charge in [-0.1, -0.05) is 13.8 Å². The Morgan fingerprint density at radius 2 is 1.40 bits per heavy atom. The summed E-state index contributed by atoms with van der Waals surface area (Å²) < 4.78 is 10.8. The molecule has 1 aliphatic carbocycles. The standard InChI is InChI=1S/C13H16O2/c1-8-3-10-5-12-13(15-7-14-12)6-11(10)4-9(8)2/h5-6,8-9H,3-4,7H2,1-2H3. The van der Waals surface area contributed by atoms with Crippen LogP contribution in [-0.4, -0.2) is 6.79 Å². The summed E-state index contributed by atoms with van der Waals surface area (Å²) >= 11 is 0. The zero-order chi connectivity index (χ0) is 10.4. The van der Waals surface area contributed by atoms with Gasteiger partial charge in [0.15, 0.2) is 11.5 Å². The van der Waals surface area contributed by atoms with Crippen LogP contribution in [0.15, 0.2) is 12.1 Å². The van der Waals surface area contributed by atoms with Crippen LogP contribution in [0.3, 0.4) is 0 Å². The zero-order valence-electron chi connectivity index (χ0n) is 9.25. The third-order valence-electron chi connectivity index (χ3n) is 3.75. The fraction of sp³-hybridized carbons (Fsp3) is 0.538. The minimum absolute atomic E-state index is 0.378. The van der Waals surface area contributed by atoms with Gasteiger partial charge in [0.2, 0.25) is 6.79 Å². The van der Waals surface area contributed by atoms with Crippen molar-refractivity contribution in [3.63, 3.8) is 0 Å². The van der Waals surface area contributed by atoms with Crippen molar-refractivity contribution in [1.82, 2.24) is 0 Å². The molecule has 2 unspecified atom stereocenters. The van der Waals surface area contributed by atoms with Crippen LogP contribution < -0.4 is 9.47 Å². The van der Waals surface area contributed by atoms with Crippen molar-refractivity contribution in [3.8, 4) is 11.5 Å². The molecular formula is C13H16O2. The molecule has 2 nitrogen and oxygen atoms in total. The minimum atomic E-state index is 0.378. The normalized spacial score (nSPS) is 27.6. The summed E-state index contributed by atoms with van der Waals surface area (Å²) in [6.07, 6.45) is 2.35. The molecule has 1 aromatic carbocycles. The van der Waals surface area contributed by atoms with E-state index in [1.54, 1.807) is 0 Å². The molecule has 3 rings (SSSR count). The molecule has 0 fully saturated rings. The Labute approximate surface area is 90.2 Å². The van der Waals surface area contributed by atoms with Gasteiger partial charge in [-0.15, -0.1) is 0 Å². The van der Waals surface area contributed by atoms with Crippen LogP contribution in [0.2, 0.25) is 0 Å². The summed E-state index contributed by atoms with van der Waals surface area (Å²) in [6.45, 7) is 5.04. The largest absolute Gasteiger partial charge is 0.454 e. The van der Waals surface area contributed by atoms with Crippen LogP contribution in [0, 0.1) is 11.8 Å². The van der Waals surface area contributed by atoms with Crippen LogP contribution in [0.1, 0.15) is 25.0 Å². The number of benzene rings is 1. The minimum Gasteiger partial charge on any atom is -0.454 e. The smallest absolute Gasteiger partial charge is 0.231 e. The molecule has 2 aliphatic rings. The van der Waals surface area contributed by atoms with Crippen molar-refractivity contribution in [3.05, 3.63) is 23.3 Å². The van der Waals surface area contributed by atoms with E-state index in [1.807, 2.05) is 0 Å². The first-order chi connectivity index (χ1) is 7.24. The van der Waals surface area contributed by atoms with Gasteiger partial charge < -0.3 is 9.47 Å². The van der Waals surface area contributed by atoms with Gasteiger partial charge in [-0.3, -0.25) is 0 Å². The van der Waals surface area contributed by atoms with E-state index in [4.69, 9.17) is 9.47 Å². The molecule has 0 saturated carbocycles. The maximum Gasteiger partial charge on any atom is 0.231 e. The van der Waals surface area contributed by atoms with Gasteiger partial charge in [-0.25, -0.2) is 0 Å². The van der Waals surface area contributed by atoms with E-state index in [9.17, 15) is 0 Å². The van der Waals surface area contributed by atoms with Crippen LogP contribution in [0.5, 0.6) is 11.5 Å². The lowest BCUT2D eigenvalue weighted by Gasteiger charge is -2.28. The van der Waals surface area contributed by atoms with E-state index in [-0.39, 0.29) is 0 Å². The highest BCUT2D eigenvalue weighted by molar-refractivity contribution is 5.49. The molecule has 1 aromatic rings. The molecule has 15 heavy (non-hydrogen) atoms. The summed E-state index contributed by atoms with van der Waals surface area (Å²) in [7, 11) is 0. The van der Waals surface area contributed by atoms with Gasteiger partial charge in [0.05, 0.1) is 0 Å². The quantitative estimate of drug-likeness (QED) is 0.647. The summed E-state index contributed by atoms with van der Waals surface area (Å²) in [5.74, 6) is 3.40. The van der Waals surface area contributed by atoms with Gasteiger partial charge in [0.25, 0.3) is 0 Å². The van der Waals surface area contributed by atoms with Crippen LogP contribution >= 0.6 is 0 Å². The molecule has 0 aromatic heterocycles. The molecule has 0 bridgehead atoms. The van der Waals surface area contributed by atoms with E-state index in [1.165, 1.54) is 24.0 Å². The topological polar surface area (TPSA) is 18.5 Å². The van der Waals surface area contributed by atoms with E-state index < -0.39 is 0 Å². The monoisotopic (exact) mass is 204 g/mol. The average molecular weight is 204 g/mol. The van der Waals surface area contributed by atoms with Crippen molar-refractivity contribution in [2.24, 2.45) is 11.8 Å². The predicted molar refractivity (Wildman–Crippen MR) is 58.3 cm³/mol. The third kappa shape index (κ3) is 1.39. The number of ether oxygens (including phenoxy) is 2. The van der Waals surface area contributed by atoms with Crippen molar-refractivity contribution in [2.45, 2.75) is 26.7 Å². The lowest BCUT2D eigenvalue weighted by Crippen LogP contribution is -2.20. The maximum absolute atomic E-state index is 5.40. The third-order valence-corrected chi connectivity index (χ3v) is 3.75. The highest BCUT2D eigenvalue weighted by Crippen LogP contribution is 2.39. The molecule has 80 valence electrons. The van der Waals surface area contributed by atoms with Gasteiger partial charge in [-0.2, -0.15) is 0 Å². The Bertz CT molecular complexity index is 361. The lowest BCUT2D eigenvalue weighted by molar-refractivity contribution is 0.174. The van der Waals surface area contributed by atoms with E-state index in [0.29, 0.717) is 6.79 Å². The second kappa shape index (κ2) is 3.16. The number of rotatable bonds is 0. The molecule has 0 N–H and O–H groups in total. The van der Waals surface area contributed by atoms with Gasteiger partial charge >= 0.3 is 0 Å². The number of fused-ring (bicyclic) bond motifs is 2. The lowest BCUT2D eigenvalue weighted by atomic mass is 9.78. The fourth-order valence-corrected chi connectivity index (χ4v) is 2.50. The first-order valence-electron chi connectivity index (χ1n) is 5.65. The number of hydrogen-bond acceptors (Lipinski definition) is 2. The highest BCUT2D eigenvalue weighted by Gasteiger charge is 2.25. The molecule has 1 aliphatic heterocycles. The van der Waals surface area contributed by atoms with Gasteiger partial charge in [0.1, 0.15) is 0 Å². The second-order valence-electron chi connectivity index (χ2n) is 4.84. The number of hydrogen-bond donors (Lipinski definition) is 0. The fourth-order valence-electron chi connectivity index (χ4n) is 2.50.